The number of Topliss-reactive ketones (excluding diaryl/α,β-unsaturated/α-hetero) is 1. The lowest BCUT2D eigenvalue weighted by molar-refractivity contribution is 0.0994. The number of carbonyl (C=O) groups is 1. The molecule has 0 saturated heterocycles. The first-order valence-corrected chi connectivity index (χ1v) is 8.49. The van der Waals surface area contributed by atoms with Gasteiger partial charge in [0.1, 0.15) is 0 Å². The molecule has 2 aromatic rings. The summed E-state index contributed by atoms with van der Waals surface area (Å²) in [6.45, 7) is 4.90. The van der Waals surface area contributed by atoms with Crippen molar-refractivity contribution in [1.29, 1.82) is 0 Å². The highest BCUT2D eigenvalue weighted by Crippen LogP contribution is 2.33. The van der Waals surface area contributed by atoms with Crippen molar-refractivity contribution in [3.8, 4) is 0 Å². The lowest BCUT2D eigenvalue weighted by Gasteiger charge is -2.02. The van der Waals surface area contributed by atoms with Crippen LogP contribution in [-0.4, -0.2) is 15.6 Å². The van der Waals surface area contributed by atoms with Crippen LogP contribution >= 0.6 is 43.2 Å². The number of aryl methyl sites for hydroxylation is 2. The average Bonchev–Trinajstić information content (AvgIpc) is 2.93. The number of nitrogens with zero attached hydrogens (tertiary/aromatic N) is 2. The maximum atomic E-state index is 12.3. The van der Waals surface area contributed by atoms with Gasteiger partial charge in [0.25, 0.3) is 0 Å². The summed E-state index contributed by atoms with van der Waals surface area (Å²) in [4.78, 5) is 13.0. The Labute approximate surface area is 133 Å². The number of rotatable bonds is 5. The van der Waals surface area contributed by atoms with E-state index >= 15 is 0 Å². The van der Waals surface area contributed by atoms with Gasteiger partial charge < -0.3 is 0 Å². The molecule has 0 amide bonds. The van der Waals surface area contributed by atoms with Crippen LogP contribution in [0.1, 0.15) is 34.9 Å². The minimum atomic E-state index is 0.133. The van der Waals surface area contributed by atoms with Crippen LogP contribution in [0.4, 0.5) is 0 Å². The molecular weight excluding hydrogens is 392 g/mol. The van der Waals surface area contributed by atoms with Crippen molar-refractivity contribution >= 4 is 49.0 Å². The Balaban J connectivity index is 2.20. The third-order valence-corrected chi connectivity index (χ3v) is 6.13. The summed E-state index contributed by atoms with van der Waals surface area (Å²) in [5.74, 6) is 0.133. The Morgan fingerprint density at radius 3 is 2.63 bits per heavy atom. The molecule has 102 valence electrons. The summed E-state index contributed by atoms with van der Waals surface area (Å²) in [6.07, 6.45) is 1.30. The van der Waals surface area contributed by atoms with Crippen molar-refractivity contribution in [2.45, 2.75) is 33.2 Å². The zero-order valence-electron chi connectivity index (χ0n) is 10.7. The van der Waals surface area contributed by atoms with Crippen molar-refractivity contribution in [1.82, 2.24) is 9.78 Å². The maximum absolute atomic E-state index is 12.3. The van der Waals surface area contributed by atoms with Crippen molar-refractivity contribution in [3.63, 3.8) is 0 Å². The first-order chi connectivity index (χ1) is 9.05. The molecule has 3 nitrogen and oxygen atoms in total. The molecule has 0 atom stereocenters. The third-order valence-electron chi connectivity index (χ3n) is 2.84. The van der Waals surface area contributed by atoms with Gasteiger partial charge in [0.2, 0.25) is 0 Å². The summed E-state index contributed by atoms with van der Waals surface area (Å²) in [7, 11) is 0. The first kappa shape index (κ1) is 14.9. The second-order valence-electron chi connectivity index (χ2n) is 4.13. The van der Waals surface area contributed by atoms with Gasteiger partial charge in [-0.3, -0.25) is 9.48 Å². The van der Waals surface area contributed by atoms with Gasteiger partial charge in [0.05, 0.1) is 20.8 Å². The highest BCUT2D eigenvalue weighted by atomic mass is 79.9. The van der Waals surface area contributed by atoms with E-state index in [1.807, 2.05) is 23.7 Å². The van der Waals surface area contributed by atoms with E-state index in [1.165, 1.54) is 11.3 Å². The van der Waals surface area contributed by atoms with Crippen LogP contribution in [0, 0.1) is 0 Å². The number of carbonyl (C=O) groups excluding carboxylic acids is 1. The van der Waals surface area contributed by atoms with Gasteiger partial charge >= 0.3 is 0 Å². The van der Waals surface area contributed by atoms with Crippen LogP contribution in [0.2, 0.25) is 0 Å². The third kappa shape index (κ3) is 3.35. The predicted octanol–water partition coefficient (Wildman–Crippen LogP) is 4.48. The van der Waals surface area contributed by atoms with Gasteiger partial charge in [-0.15, -0.1) is 11.3 Å². The molecule has 0 saturated carbocycles. The van der Waals surface area contributed by atoms with E-state index in [-0.39, 0.29) is 5.78 Å². The highest BCUT2D eigenvalue weighted by Gasteiger charge is 2.15. The van der Waals surface area contributed by atoms with Crippen LogP contribution in [0.15, 0.2) is 20.4 Å². The Kier molecular flexibility index (Phi) is 4.97. The lowest BCUT2D eigenvalue weighted by Crippen LogP contribution is -2.08. The van der Waals surface area contributed by atoms with Crippen molar-refractivity contribution in [3.05, 3.63) is 36.7 Å². The van der Waals surface area contributed by atoms with Gasteiger partial charge in [0.15, 0.2) is 5.78 Å². The van der Waals surface area contributed by atoms with Crippen LogP contribution in [0.3, 0.4) is 0 Å². The molecule has 0 aliphatic rings. The highest BCUT2D eigenvalue weighted by molar-refractivity contribution is 9.13. The van der Waals surface area contributed by atoms with Crippen molar-refractivity contribution in [2.24, 2.45) is 0 Å². The number of halogens is 2. The van der Waals surface area contributed by atoms with Gasteiger partial charge in [0, 0.05) is 16.7 Å². The summed E-state index contributed by atoms with van der Waals surface area (Å²) in [6, 6.07) is 3.89. The van der Waals surface area contributed by atoms with E-state index < -0.39 is 0 Å². The summed E-state index contributed by atoms with van der Waals surface area (Å²) < 4.78 is 3.79. The maximum Gasteiger partial charge on any atom is 0.178 e. The van der Waals surface area contributed by atoms with E-state index in [2.05, 4.69) is 43.9 Å². The average molecular weight is 406 g/mol. The second kappa shape index (κ2) is 6.33. The minimum Gasteiger partial charge on any atom is -0.293 e. The van der Waals surface area contributed by atoms with Crippen LogP contribution < -0.4 is 0 Å². The van der Waals surface area contributed by atoms with Crippen LogP contribution in [0.25, 0.3) is 0 Å². The quantitative estimate of drug-likeness (QED) is 0.687. The molecule has 2 rings (SSSR count). The molecule has 0 bridgehead atoms. The van der Waals surface area contributed by atoms with Gasteiger partial charge in [-0.25, -0.2) is 0 Å². The topological polar surface area (TPSA) is 34.9 Å². The zero-order chi connectivity index (χ0) is 14.0. The number of ketones is 1. The number of thiophene rings is 1. The number of aromatic nitrogens is 2. The Hall–Kier alpha value is -0.460. The minimum absolute atomic E-state index is 0.133. The molecule has 0 aromatic carbocycles. The predicted molar refractivity (Wildman–Crippen MR) is 85.0 cm³/mol. The molecule has 0 aliphatic heterocycles. The van der Waals surface area contributed by atoms with Crippen LogP contribution in [0.5, 0.6) is 0 Å². The second-order valence-corrected chi connectivity index (χ2v) is 7.35. The van der Waals surface area contributed by atoms with Gasteiger partial charge in [-0.1, -0.05) is 6.92 Å². The lowest BCUT2D eigenvalue weighted by atomic mass is 10.2. The van der Waals surface area contributed by atoms with Gasteiger partial charge in [-0.2, -0.15) is 5.10 Å². The molecule has 0 fully saturated rings. The fraction of sp³-hybridized carbons (Fsp3) is 0.385. The fourth-order valence-electron chi connectivity index (χ4n) is 1.84. The zero-order valence-corrected chi connectivity index (χ0v) is 14.7. The molecule has 2 heterocycles. The monoisotopic (exact) mass is 404 g/mol. The van der Waals surface area contributed by atoms with E-state index in [0.717, 1.165) is 37.5 Å². The summed E-state index contributed by atoms with van der Waals surface area (Å²) >= 11 is 8.28. The van der Waals surface area contributed by atoms with Crippen molar-refractivity contribution < 1.29 is 4.79 Å². The Morgan fingerprint density at radius 1 is 1.37 bits per heavy atom. The van der Waals surface area contributed by atoms with E-state index in [0.29, 0.717) is 6.42 Å². The molecule has 0 spiro atoms. The molecule has 19 heavy (non-hydrogen) atoms. The standard InChI is InChI=1S/C13H14Br2N2OS/c1-3-8-5-9(17(4-2)16-8)6-11(18)12-7-10(14)13(15)19-12/h5,7H,3-4,6H2,1-2H3. The van der Waals surface area contributed by atoms with Crippen LogP contribution in [-0.2, 0) is 19.4 Å². The Bertz CT molecular complexity index is 584. The Morgan fingerprint density at radius 2 is 2.11 bits per heavy atom. The summed E-state index contributed by atoms with van der Waals surface area (Å²) in [5, 5.41) is 4.47. The normalized spacial score (nSPS) is 10.9. The molecule has 0 unspecified atom stereocenters. The number of hydrogen-bond acceptors (Lipinski definition) is 3. The number of hydrogen-bond donors (Lipinski definition) is 0. The molecular formula is C13H14Br2N2OS. The summed E-state index contributed by atoms with van der Waals surface area (Å²) in [5.41, 5.74) is 2.03. The fourth-order valence-corrected chi connectivity index (χ4v) is 3.81. The molecule has 0 N–H and O–H groups in total. The first-order valence-electron chi connectivity index (χ1n) is 6.08. The molecule has 0 radical (unpaired) electrons. The van der Waals surface area contributed by atoms with E-state index in [9.17, 15) is 4.79 Å². The molecule has 2 aromatic heterocycles. The SMILES string of the molecule is CCc1cc(CC(=O)c2cc(Br)c(Br)s2)n(CC)n1. The molecule has 6 heteroatoms. The largest absolute Gasteiger partial charge is 0.293 e. The van der Waals surface area contributed by atoms with Crippen molar-refractivity contribution in [2.75, 3.05) is 0 Å². The smallest absolute Gasteiger partial charge is 0.178 e. The van der Waals surface area contributed by atoms with E-state index in [4.69, 9.17) is 0 Å². The molecule has 0 aliphatic carbocycles. The van der Waals surface area contributed by atoms with E-state index in [1.54, 1.807) is 0 Å². The van der Waals surface area contributed by atoms with Gasteiger partial charge in [-0.05, 0) is 57.3 Å².